The lowest BCUT2D eigenvalue weighted by molar-refractivity contribution is 0.727. The Hall–Kier alpha value is -1.24. The molecule has 1 aliphatic heterocycles. The Morgan fingerprint density at radius 3 is 3.13 bits per heavy atom. The Bertz CT molecular complexity index is 341. The van der Waals surface area contributed by atoms with Crippen LogP contribution in [0.3, 0.4) is 0 Å². The summed E-state index contributed by atoms with van der Waals surface area (Å²) in [7, 11) is 0. The number of fused-ring (bicyclic) bond motifs is 1. The highest BCUT2D eigenvalue weighted by atomic mass is 14.9. The molecule has 0 saturated heterocycles. The highest BCUT2D eigenvalue weighted by Crippen LogP contribution is 2.24. The number of para-hydroxylation sites is 1. The average Bonchev–Trinajstić information content (AvgIpc) is 2.29. The molecule has 0 aromatic heterocycles. The second-order valence-electron chi connectivity index (χ2n) is 4.16. The quantitative estimate of drug-likeness (QED) is 0.734. The molecule has 15 heavy (non-hydrogen) atoms. The van der Waals surface area contributed by atoms with Crippen LogP contribution in [0, 0.1) is 0 Å². The molecule has 1 atom stereocenters. The lowest BCUT2D eigenvalue weighted by Crippen LogP contribution is -2.23. The summed E-state index contributed by atoms with van der Waals surface area (Å²) in [6, 6.07) is 9.15. The molecule has 80 valence electrons. The Balaban J connectivity index is 1.99. The summed E-state index contributed by atoms with van der Waals surface area (Å²) in [6.07, 6.45) is 9.46. The molecule has 0 amide bonds. The summed E-state index contributed by atoms with van der Waals surface area (Å²) in [6.45, 7) is 2.22. The van der Waals surface area contributed by atoms with E-state index in [9.17, 15) is 0 Å². The van der Waals surface area contributed by atoms with E-state index in [0.717, 1.165) is 0 Å². The van der Waals surface area contributed by atoms with Gasteiger partial charge in [0.1, 0.15) is 0 Å². The van der Waals surface area contributed by atoms with Crippen LogP contribution in [-0.2, 0) is 6.42 Å². The second-order valence-corrected chi connectivity index (χ2v) is 4.16. The first-order chi connectivity index (χ1) is 7.40. The number of anilines is 1. The van der Waals surface area contributed by atoms with Crippen molar-refractivity contribution >= 4 is 5.69 Å². The molecular formula is C14H19N. The smallest absolute Gasteiger partial charge is 0.0447 e. The van der Waals surface area contributed by atoms with Crippen molar-refractivity contribution in [2.24, 2.45) is 0 Å². The normalized spacial score (nSPS) is 19.9. The third-order valence-electron chi connectivity index (χ3n) is 2.91. The SMILES string of the molecule is CCC/C=C/C1CCc2ccccc2N1. The van der Waals surface area contributed by atoms with Gasteiger partial charge in [0.25, 0.3) is 0 Å². The predicted octanol–water partition coefficient (Wildman–Crippen LogP) is 3.77. The topological polar surface area (TPSA) is 12.0 Å². The number of rotatable bonds is 3. The van der Waals surface area contributed by atoms with Crippen LogP contribution in [0.15, 0.2) is 36.4 Å². The van der Waals surface area contributed by atoms with E-state index in [2.05, 4.69) is 48.7 Å². The van der Waals surface area contributed by atoms with Gasteiger partial charge in [-0.3, -0.25) is 0 Å². The Kier molecular flexibility index (Phi) is 3.44. The third kappa shape index (κ3) is 2.62. The highest BCUT2D eigenvalue weighted by Gasteiger charge is 2.13. The average molecular weight is 201 g/mol. The maximum Gasteiger partial charge on any atom is 0.0447 e. The molecule has 0 aliphatic carbocycles. The van der Waals surface area contributed by atoms with Gasteiger partial charge in [0, 0.05) is 11.7 Å². The predicted molar refractivity (Wildman–Crippen MR) is 66.2 cm³/mol. The van der Waals surface area contributed by atoms with Gasteiger partial charge in [-0.1, -0.05) is 43.7 Å². The van der Waals surface area contributed by atoms with E-state index in [0.29, 0.717) is 6.04 Å². The van der Waals surface area contributed by atoms with Crippen molar-refractivity contribution < 1.29 is 0 Å². The van der Waals surface area contributed by atoms with Crippen molar-refractivity contribution in [1.82, 2.24) is 0 Å². The van der Waals surface area contributed by atoms with Gasteiger partial charge in [-0.2, -0.15) is 0 Å². The fourth-order valence-electron chi connectivity index (χ4n) is 2.03. The van der Waals surface area contributed by atoms with Crippen molar-refractivity contribution in [2.45, 2.75) is 38.6 Å². The van der Waals surface area contributed by atoms with E-state index < -0.39 is 0 Å². The Morgan fingerprint density at radius 2 is 2.27 bits per heavy atom. The minimum absolute atomic E-state index is 0.534. The van der Waals surface area contributed by atoms with Gasteiger partial charge in [-0.15, -0.1) is 0 Å². The van der Waals surface area contributed by atoms with Crippen molar-refractivity contribution in [2.75, 3.05) is 5.32 Å². The zero-order valence-electron chi connectivity index (χ0n) is 9.37. The lowest BCUT2D eigenvalue weighted by Gasteiger charge is -2.24. The molecule has 2 rings (SSSR count). The molecule has 1 nitrogen and oxygen atoms in total. The van der Waals surface area contributed by atoms with Crippen molar-refractivity contribution in [3.8, 4) is 0 Å². The molecule has 0 fully saturated rings. The van der Waals surface area contributed by atoms with Crippen LogP contribution >= 0.6 is 0 Å². The molecule has 1 unspecified atom stereocenters. The number of unbranched alkanes of at least 4 members (excludes halogenated alkanes) is 1. The van der Waals surface area contributed by atoms with Crippen LogP contribution in [0.5, 0.6) is 0 Å². The van der Waals surface area contributed by atoms with Gasteiger partial charge in [0.05, 0.1) is 0 Å². The van der Waals surface area contributed by atoms with Gasteiger partial charge in [0.2, 0.25) is 0 Å². The molecule has 1 aliphatic rings. The summed E-state index contributed by atoms with van der Waals surface area (Å²) in [5.41, 5.74) is 2.77. The summed E-state index contributed by atoms with van der Waals surface area (Å²) >= 11 is 0. The minimum Gasteiger partial charge on any atom is -0.379 e. The third-order valence-corrected chi connectivity index (χ3v) is 2.91. The maximum absolute atomic E-state index is 3.57. The van der Waals surface area contributed by atoms with Crippen LogP contribution in [0.25, 0.3) is 0 Å². The number of allylic oxidation sites excluding steroid dienone is 1. The van der Waals surface area contributed by atoms with Crippen LogP contribution in [-0.4, -0.2) is 6.04 Å². The van der Waals surface area contributed by atoms with Gasteiger partial charge >= 0.3 is 0 Å². The molecular weight excluding hydrogens is 182 g/mol. The van der Waals surface area contributed by atoms with E-state index in [1.54, 1.807) is 0 Å². The molecule has 1 aromatic carbocycles. The number of hydrogen-bond donors (Lipinski definition) is 1. The summed E-state index contributed by atoms with van der Waals surface area (Å²) in [4.78, 5) is 0. The zero-order valence-corrected chi connectivity index (χ0v) is 9.37. The molecule has 1 aromatic rings. The first kappa shape index (κ1) is 10.3. The molecule has 0 spiro atoms. The fourth-order valence-corrected chi connectivity index (χ4v) is 2.03. The molecule has 0 bridgehead atoms. The molecule has 1 heteroatoms. The van der Waals surface area contributed by atoms with Crippen molar-refractivity contribution in [3.05, 3.63) is 42.0 Å². The van der Waals surface area contributed by atoms with Crippen LogP contribution in [0.1, 0.15) is 31.7 Å². The molecule has 1 heterocycles. The number of hydrogen-bond acceptors (Lipinski definition) is 1. The Labute approximate surface area is 92.2 Å². The first-order valence-electron chi connectivity index (χ1n) is 5.91. The Morgan fingerprint density at radius 1 is 1.40 bits per heavy atom. The van der Waals surface area contributed by atoms with Crippen LogP contribution in [0.4, 0.5) is 5.69 Å². The monoisotopic (exact) mass is 201 g/mol. The van der Waals surface area contributed by atoms with E-state index in [4.69, 9.17) is 0 Å². The lowest BCUT2D eigenvalue weighted by atomic mass is 9.98. The van der Waals surface area contributed by atoms with Crippen molar-refractivity contribution in [3.63, 3.8) is 0 Å². The summed E-state index contributed by atoms with van der Waals surface area (Å²) in [5.74, 6) is 0. The van der Waals surface area contributed by atoms with E-state index in [1.165, 1.54) is 36.9 Å². The number of aryl methyl sites for hydroxylation is 1. The minimum atomic E-state index is 0.534. The largest absolute Gasteiger partial charge is 0.379 e. The first-order valence-corrected chi connectivity index (χ1v) is 5.91. The van der Waals surface area contributed by atoms with Gasteiger partial charge in [-0.05, 0) is 30.9 Å². The highest BCUT2D eigenvalue weighted by molar-refractivity contribution is 5.54. The van der Waals surface area contributed by atoms with Gasteiger partial charge in [0.15, 0.2) is 0 Å². The van der Waals surface area contributed by atoms with Crippen LogP contribution < -0.4 is 5.32 Å². The van der Waals surface area contributed by atoms with E-state index in [-0.39, 0.29) is 0 Å². The maximum atomic E-state index is 3.57. The number of benzene rings is 1. The van der Waals surface area contributed by atoms with Gasteiger partial charge in [-0.25, -0.2) is 0 Å². The van der Waals surface area contributed by atoms with Crippen LogP contribution in [0.2, 0.25) is 0 Å². The fraction of sp³-hybridized carbons (Fsp3) is 0.429. The molecule has 1 N–H and O–H groups in total. The second kappa shape index (κ2) is 5.01. The molecule has 0 radical (unpaired) electrons. The van der Waals surface area contributed by atoms with Gasteiger partial charge < -0.3 is 5.32 Å². The number of nitrogens with one attached hydrogen (secondary N) is 1. The standard InChI is InChI=1S/C14H19N/c1-2-3-4-8-13-11-10-12-7-5-6-9-14(12)15-13/h4-9,13,15H,2-3,10-11H2,1H3/b8-4+. The summed E-state index contributed by atoms with van der Waals surface area (Å²) < 4.78 is 0. The molecule has 0 saturated carbocycles. The zero-order chi connectivity index (χ0) is 10.5. The van der Waals surface area contributed by atoms with Crippen molar-refractivity contribution in [1.29, 1.82) is 0 Å². The summed E-state index contributed by atoms with van der Waals surface area (Å²) in [5, 5.41) is 3.57. The van der Waals surface area contributed by atoms with E-state index >= 15 is 0 Å². The van der Waals surface area contributed by atoms with E-state index in [1.807, 2.05) is 0 Å².